The Morgan fingerprint density at radius 1 is 1.21 bits per heavy atom. The van der Waals surface area contributed by atoms with Crippen molar-refractivity contribution in [2.75, 3.05) is 6.61 Å². The van der Waals surface area contributed by atoms with Gasteiger partial charge in [0.2, 0.25) is 5.75 Å². The van der Waals surface area contributed by atoms with E-state index in [9.17, 15) is 19.3 Å². The molecule has 2 aromatic rings. The standard InChI is InChI=1S/C17H16FNO5/c1-11-4-3-5-12(2)17(11)23-9-8-16(20)24-15-10-13(18)6-7-14(15)19(21)22/h3-7,10H,8-9H2,1-2H3. The van der Waals surface area contributed by atoms with E-state index < -0.39 is 28.1 Å². The van der Waals surface area contributed by atoms with Crippen molar-refractivity contribution in [1.29, 1.82) is 0 Å². The van der Waals surface area contributed by atoms with Gasteiger partial charge >= 0.3 is 11.7 Å². The van der Waals surface area contributed by atoms with Gasteiger partial charge in [-0.15, -0.1) is 0 Å². The minimum atomic E-state index is -0.741. The van der Waals surface area contributed by atoms with Crippen LogP contribution in [-0.4, -0.2) is 17.5 Å². The number of nitrogens with zero attached hydrogens (tertiary/aromatic N) is 1. The lowest BCUT2D eigenvalue weighted by Crippen LogP contribution is -2.14. The zero-order valence-corrected chi connectivity index (χ0v) is 13.2. The van der Waals surface area contributed by atoms with Gasteiger partial charge in [0.05, 0.1) is 18.0 Å². The number of hydrogen-bond acceptors (Lipinski definition) is 5. The van der Waals surface area contributed by atoms with Crippen molar-refractivity contribution < 1.29 is 23.6 Å². The molecule has 0 spiro atoms. The number of ether oxygens (including phenoxy) is 2. The normalized spacial score (nSPS) is 10.3. The topological polar surface area (TPSA) is 78.7 Å². The van der Waals surface area contributed by atoms with E-state index in [0.29, 0.717) is 5.75 Å². The number of para-hydroxylation sites is 1. The van der Waals surface area contributed by atoms with Gasteiger partial charge in [0, 0.05) is 12.1 Å². The fraction of sp³-hybridized carbons (Fsp3) is 0.235. The third-order valence-corrected chi connectivity index (χ3v) is 3.30. The molecule has 0 saturated carbocycles. The number of rotatable bonds is 6. The molecule has 0 saturated heterocycles. The molecule has 24 heavy (non-hydrogen) atoms. The average molecular weight is 333 g/mol. The van der Waals surface area contributed by atoms with Crippen LogP contribution in [0.1, 0.15) is 17.5 Å². The van der Waals surface area contributed by atoms with Crippen LogP contribution in [0, 0.1) is 29.8 Å². The zero-order chi connectivity index (χ0) is 17.7. The van der Waals surface area contributed by atoms with Crippen LogP contribution in [0.25, 0.3) is 0 Å². The van der Waals surface area contributed by atoms with Crippen molar-refractivity contribution in [3.63, 3.8) is 0 Å². The molecule has 6 nitrogen and oxygen atoms in total. The molecule has 0 fully saturated rings. The summed E-state index contributed by atoms with van der Waals surface area (Å²) in [5.74, 6) is -1.20. The van der Waals surface area contributed by atoms with E-state index in [2.05, 4.69) is 0 Å². The van der Waals surface area contributed by atoms with Gasteiger partial charge in [-0.2, -0.15) is 0 Å². The van der Waals surface area contributed by atoms with E-state index in [1.165, 1.54) is 0 Å². The predicted octanol–water partition coefficient (Wildman–Crippen LogP) is 3.73. The lowest BCUT2D eigenvalue weighted by atomic mass is 10.1. The number of nitro groups is 1. The molecule has 0 atom stereocenters. The summed E-state index contributed by atoms with van der Waals surface area (Å²) in [6.45, 7) is 3.82. The first-order valence-corrected chi connectivity index (χ1v) is 7.22. The Labute approximate surface area is 138 Å². The summed E-state index contributed by atoms with van der Waals surface area (Å²) in [5, 5.41) is 10.9. The van der Waals surface area contributed by atoms with Crippen LogP contribution in [-0.2, 0) is 4.79 Å². The van der Waals surface area contributed by atoms with Gasteiger partial charge in [0.15, 0.2) is 0 Å². The van der Waals surface area contributed by atoms with Gasteiger partial charge in [-0.3, -0.25) is 14.9 Å². The number of hydrogen-bond donors (Lipinski definition) is 0. The first kappa shape index (κ1) is 17.4. The molecule has 0 radical (unpaired) electrons. The van der Waals surface area contributed by atoms with Gasteiger partial charge in [-0.25, -0.2) is 4.39 Å². The smallest absolute Gasteiger partial charge is 0.314 e. The molecule has 126 valence electrons. The van der Waals surface area contributed by atoms with Crippen molar-refractivity contribution in [2.45, 2.75) is 20.3 Å². The summed E-state index contributed by atoms with van der Waals surface area (Å²) >= 11 is 0. The molecule has 0 N–H and O–H groups in total. The number of halogens is 1. The second kappa shape index (κ2) is 7.54. The minimum absolute atomic E-state index is 0.0492. The van der Waals surface area contributed by atoms with Crippen LogP contribution in [0.2, 0.25) is 0 Å². The zero-order valence-electron chi connectivity index (χ0n) is 13.2. The van der Waals surface area contributed by atoms with E-state index in [1.807, 2.05) is 32.0 Å². The number of nitro benzene ring substituents is 1. The molecule has 7 heteroatoms. The van der Waals surface area contributed by atoms with Gasteiger partial charge < -0.3 is 9.47 Å². The van der Waals surface area contributed by atoms with Gasteiger partial charge in [-0.05, 0) is 31.0 Å². The molecule has 0 heterocycles. The Hall–Kier alpha value is -2.96. The van der Waals surface area contributed by atoms with E-state index in [-0.39, 0.29) is 13.0 Å². The molecular weight excluding hydrogens is 317 g/mol. The fourth-order valence-corrected chi connectivity index (χ4v) is 2.16. The summed E-state index contributed by atoms with van der Waals surface area (Å²) in [5.41, 5.74) is 1.40. The highest BCUT2D eigenvalue weighted by Gasteiger charge is 2.19. The van der Waals surface area contributed by atoms with E-state index in [4.69, 9.17) is 9.47 Å². The first-order chi connectivity index (χ1) is 11.4. The third-order valence-electron chi connectivity index (χ3n) is 3.30. The quantitative estimate of drug-likeness (QED) is 0.348. The summed E-state index contributed by atoms with van der Waals surface area (Å²) < 4.78 is 23.6. The van der Waals surface area contributed by atoms with E-state index >= 15 is 0 Å². The summed E-state index contributed by atoms with van der Waals surface area (Å²) in [6, 6.07) is 8.36. The van der Waals surface area contributed by atoms with Gasteiger partial charge in [0.25, 0.3) is 0 Å². The summed E-state index contributed by atoms with van der Waals surface area (Å²) in [4.78, 5) is 21.9. The maximum Gasteiger partial charge on any atom is 0.314 e. The van der Waals surface area contributed by atoms with Crippen molar-refractivity contribution >= 4 is 11.7 Å². The monoisotopic (exact) mass is 333 g/mol. The SMILES string of the molecule is Cc1cccc(C)c1OCCC(=O)Oc1cc(F)ccc1[N+](=O)[O-]. The molecule has 2 aromatic carbocycles. The highest BCUT2D eigenvalue weighted by molar-refractivity contribution is 5.74. The Morgan fingerprint density at radius 2 is 1.88 bits per heavy atom. The molecule has 0 aliphatic rings. The number of carbonyl (C=O) groups excluding carboxylic acids is 1. The molecule has 0 aliphatic heterocycles. The Balaban J connectivity index is 1.97. The highest BCUT2D eigenvalue weighted by Crippen LogP contribution is 2.28. The molecule has 0 aromatic heterocycles. The first-order valence-electron chi connectivity index (χ1n) is 7.22. The van der Waals surface area contributed by atoms with Crippen LogP contribution >= 0.6 is 0 Å². The third kappa shape index (κ3) is 4.28. The minimum Gasteiger partial charge on any atom is -0.492 e. The number of aryl methyl sites for hydroxylation is 2. The lowest BCUT2D eigenvalue weighted by molar-refractivity contribution is -0.385. The van der Waals surface area contributed by atoms with E-state index in [1.54, 1.807) is 0 Å². The lowest BCUT2D eigenvalue weighted by Gasteiger charge is -2.11. The molecule has 2 rings (SSSR count). The molecule has 0 bridgehead atoms. The van der Waals surface area contributed by atoms with Crippen LogP contribution in [0.5, 0.6) is 11.5 Å². The second-order valence-corrected chi connectivity index (χ2v) is 5.16. The van der Waals surface area contributed by atoms with Crippen LogP contribution in [0.15, 0.2) is 36.4 Å². The summed E-state index contributed by atoms with van der Waals surface area (Å²) in [7, 11) is 0. The predicted molar refractivity (Wildman–Crippen MR) is 84.7 cm³/mol. The van der Waals surface area contributed by atoms with Crippen LogP contribution in [0.4, 0.5) is 10.1 Å². The van der Waals surface area contributed by atoms with Crippen LogP contribution in [0.3, 0.4) is 0 Å². The molecular formula is C17H16FNO5. The maximum absolute atomic E-state index is 13.2. The van der Waals surface area contributed by atoms with Crippen molar-refractivity contribution in [1.82, 2.24) is 0 Å². The van der Waals surface area contributed by atoms with Gasteiger partial charge in [-0.1, -0.05) is 18.2 Å². The van der Waals surface area contributed by atoms with Crippen molar-refractivity contribution in [3.8, 4) is 11.5 Å². The second-order valence-electron chi connectivity index (χ2n) is 5.16. The Bertz CT molecular complexity index is 755. The van der Waals surface area contributed by atoms with Crippen molar-refractivity contribution in [2.24, 2.45) is 0 Å². The van der Waals surface area contributed by atoms with E-state index in [0.717, 1.165) is 29.3 Å². The highest BCUT2D eigenvalue weighted by atomic mass is 19.1. The summed E-state index contributed by atoms with van der Waals surface area (Å²) in [6.07, 6.45) is -0.124. The maximum atomic E-state index is 13.2. The Kier molecular flexibility index (Phi) is 5.47. The number of esters is 1. The fourth-order valence-electron chi connectivity index (χ4n) is 2.16. The van der Waals surface area contributed by atoms with Crippen LogP contribution < -0.4 is 9.47 Å². The van der Waals surface area contributed by atoms with Gasteiger partial charge in [0.1, 0.15) is 11.6 Å². The molecule has 0 amide bonds. The Morgan fingerprint density at radius 3 is 2.50 bits per heavy atom. The largest absolute Gasteiger partial charge is 0.492 e. The number of carbonyl (C=O) groups is 1. The molecule has 0 aliphatic carbocycles. The number of benzene rings is 2. The average Bonchev–Trinajstić information content (AvgIpc) is 2.50. The molecule has 0 unspecified atom stereocenters. The van der Waals surface area contributed by atoms with Crippen molar-refractivity contribution in [3.05, 3.63) is 63.5 Å².